The summed E-state index contributed by atoms with van der Waals surface area (Å²) in [5.74, 6) is 0.806. The number of ketones is 1. The topological polar surface area (TPSA) is 53.2 Å². The van der Waals surface area contributed by atoms with Crippen LogP contribution in [0.5, 0.6) is 0 Å². The Hall–Kier alpha value is -2.33. The standard InChI is InChI=1S/C25H31N3O/c1-15-23-22(28-18-8-9-18)12-13-25(15,2)21-14-19(10-11-20(21)24(23)29)27-17-6-4-16(26-3)5-7-17/h4-7,10-11,14-15,18,22-23,26-28H,8-9,12-13H2,1-3H3/t15-,22?,23+,25+/m0/s1. The van der Waals surface area contributed by atoms with Gasteiger partial charge in [-0.2, -0.15) is 0 Å². The third-order valence-corrected chi connectivity index (χ3v) is 7.64. The monoisotopic (exact) mass is 389 g/mol. The highest BCUT2D eigenvalue weighted by molar-refractivity contribution is 6.02. The molecule has 2 aromatic rings. The maximum Gasteiger partial charge on any atom is 0.168 e. The summed E-state index contributed by atoms with van der Waals surface area (Å²) in [6.45, 7) is 4.66. The van der Waals surface area contributed by atoms with Crippen LogP contribution in [0.3, 0.4) is 0 Å². The van der Waals surface area contributed by atoms with Crippen LogP contribution in [0.25, 0.3) is 0 Å². The summed E-state index contributed by atoms with van der Waals surface area (Å²) in [6, 6.07) is 15.6. The average Bonchev–Trinajstić information content (AvgIpc) is 3.54. The van der Waals surface area contributed by atoms with Gasteiger partial charge in [-0.15, -0.1) is 0 Å². The number of carbonyl (C=O) groups is 1. The molecule has 2 aromatic carbocycles. The molecule has 0 amide bonds. The van der Waals surface area contributed by atoms with Crippen molar-refractivity contribution < 1.29 is 4.79 Å². The fourth-order valence-electron chi connectivity index (χ4n) is 5.51. The second-order valence-corrected chi connectivity index (χ2v) is 9.39. The Bertz CT molecular complexity index is 934. The van der Waals surface area contributed by atoms with E-state index in [0.717, 1.165) is 35.5 Å². The molecule has 0 aliphatic heterocycles. The van der Waals surface area contributed by atoms with Crippen LogP contribution in [0.1, 0.15) is 55.5 Å². The predicted octanol–water partition coefficient (Wildman–Crippen LogP) is 5.09. The minimum absolute atomic E-state index is 0.0588. The van der Waals surface area contributed by atoms with E-state index in [1.54, 1.807) is 0 Å². The molecule has 3 N–H and O–H groups in total. The highest BCUT2D eigenvalue weighted by Gasteiger charge is 2.53. The van der Waals surface area contributed by atoms with Crippen molar-refractivity contribution in [3.8, 4) is 0 Å². The lowest BCUT2D eigenvalue weighted by Gasteiger charge is -2.52. The Labute approximate surface area is 173 Å². The molecule has 0 spiro atoms. The zero-order chi connectivity index (χ0) is 20.2. The van der Waals surface area contributed by atoms with Gasteiger partial charge in [-0.3, -0.25) is 4.79 Å². The molecule has 4 atom stereocenters. The molecule has 2 bridgehead atoms. The van der Waals surface area contributed by atoms with Crippen molar-refractivity contribution in [2.45, 2.75) is 57.0 Å². The third kappa shape index (κ3) is 3.14. The van der Waals surface area contributed by atoms with Gasteiger partial charge < -0.3 is 16.0 Å². The van der Waals surface area contributed by atoms with Crippen LogP contribution in [-0.4, -0.2) is 24.9 Å². The Morgan fingerprint density at radius 2 is 1.66 bits per heavy atom. The molecule has 4 heteroatoms. The molecule has 0 heterocycles. The lowest BCUT2D eigenvalue weighted by atomic mass is 9.53. The van der Waals surface area contributed by atoms with Gasteiger partial charge in [0.25, 0.3) is 0 Å². The fraction of sp³-hybridized carbons (Fsp3) is 0.480. The number of anilines is 3. The minimum atomic E-state index is 0.0588. The third-order valence-electron chi connectivity index (χ3n) is 7.64. The average molecular weight is 390 g/mol. The van der Waals surface area contributed by atoms with Crippen LogP contribution in [0.4, 0.5) is 17.1 Å². The Balaban J connectivity index is 1.46. The summed E-state index contributed by atoms with van der Waals surface area (Å²) in [5, 5.41) is 10.4. The number of benzene rings is 2. The van der Waals surface area contributed by atoms with Gasteiger partial charge in [-0.1, -0.05) is 13.8 Å². The van der Waals surface area contributed by atoms with Crippen molar-refractivity contribution in [2.75, 3.05) is 17.7 Å². The Kier molecular flexibility index (Phi) is 4.43. The van der Waals surface area contributed by atoms with Crippen LogP contribution >= 0.6 is 0 Å². The van der Waals surface area contributed by atoms with Gasteiger partial charge in [0, 0.05) is 47.7 Å². The summed E-state index contributed by atoms with van der Waals surface area (Å²) in [6.07, 6.45) is 4.76. The van der Waals surface area contributed by atoms with Gasteiger partial charge in [0.1, 0.15) is 0 Å². The summed E-state index contributed by atoms with van der Waals surface area (Å²) < 4.78 is 0. The molecule has 2 fully saturated rings. The molecule has 0 aromatic heterocycles. The van der Waals surface area contributed by atoms with E-state index in [0.29, 0.717) is 23.8 Å². The molecular formula is C25H31N3O. The number of Topliss-reactive ketones (excluding diaryl/α,β-unsaturated/α-hetero) is 1. The molecule has 1 unspecified atom stereocenters. The van der Waals surface area contributed by atoms with E-state index in [2.05, 4.69) is 72.3 Å². The molecule has 3 aliphatic rings. The largest absolute Gasteiger partial charge is 0.388 e. The summed E-state index contributed by atoms with van der Waals surface area (Å²) >= 11 is 0. The van der Waals surface area contributed by atoms with Gasteiger partial charge >= 0.3 is 0 Å². The van der Waals surface area contributed by atoms with Gasteiger partial charge in [-0.05, 0) is 85.0 Å². The number of rotatable bonds is 5. The molecule has 152 valence electrons. The second-order valence-electron chi connectivity index (χ2n) is 9.39. The molecule has 3 aliphatic carbocycles. The highest BCUT2D eigenvalue weighted by atomic mass is 16.1. The first-order chi connectivity index (χ1) is 14.0. The van der Waals surface area contributed by atoms with Crippen molar-refractivity contribution in [1.29, 1.82) is 0 Å². The lowest BCUT2D eigenvalue weighted by molar-refractivity contribution is 0.0553. The molecule has 4 nitrogen and oxygen atoms in total. The van der Waals surface area contributed by atoms with E-state index in [1.165, 1.54) is 18.4 Å². The van der Waals surface area contributed by atoms with Crippen molar-refractivity contribution in [3.05, 3.63) is 53.6 Å². The van der Waals surface area contributed by atoms with Crippen LogP contribution in [-0.2, 0) is 5.41 Å². The molecule has 2 saturated carbocycles. The fourth-order valence-corrected chi connectivity index (χ4v) is 5.51. The quantitative estimate of drug-likeness (QED) is 0.666. The smallest absolute Gasteiger partial charge is 0.168 e. The van der Waals surface area contributed by atoms with Crippen molar-refractivity contribution in [2.24, 2.45) is 11.8 Å². The summed E-state index contributed by atoms with van der Waals surface area (Å²) in [4.78, 5) is 13.5. The van der Waals surface area contributed by atoms with Crippen molar-refractivity contribution in [3.63, 3.8) is 0 Å². The minimum Gasteiger partial charge on any atom is -0.388 e. The van der Waals surface area contributed by atoms with Gasteiger partial charge in [0.05, 0.1) is 0 Å². The number of carbonyl (C=O) groups excluding carboxylic acids is 1. The highest BCUT2D eigenvalue weighted by Crippen LogP contribution is 2.53. The van der Waals surface area contributed by atoms with E-state index in [4.69, 9.17) is 0 Å². The van der Waals surface area contributed by atoms with Gasteiger partial charge in [0.2, 0.25) is 0 Å². The first-order valence-electron chi connectivity index (χ1n) is 11.0. The van der Waals surface area contributed by atoms with E-state index < -0.39 is 0 Å². The van der Waals surface area contributed by atoms with E-state index in [9.17, 15) is 4.79 Å². The second kappa shape index (κ2) is 6.88. The van der Waals surface area contributed by atoms with Gasteiger partial charge in [-0.25, -0.2) is 0 Å². The number of hydrogen-bond donors (Lipinski definition) is 3. The van der Waals surface area contributed by atoms with E-state index in [1.807, 2.05) is 7.05 Å². The zero-order valence-electron chi connectivity index (χ0n) is 17.6. The summed E-state index contributed by atoms with van der Waals surface area (Å²) in [7, 11) is 1.92. The molecule has 5 rings (SSSR count). The maximum atomic E-state index is 13.5. The lowest BCUT2D eigenvalue weighted by Crippen LogP contribution is -2.57. The van der Waals surface area contributed by atoms with Crippen LogP contribution in [0.2, 0.25) is 0 Å². The summed E-state index contributed by atoms with van der Waals surface area (Å²) in [5.41, 5.74) is 5.43. The zero-order valence-corrected chi connectivity index (χ0v) is 17.6. The van der Waals surface area contributed by atoms with Crippen LogP contribution in [0, 0.1) is 11.8 Å². The SMILES string of the molecule is CNc1ccc(Nc2ccc3c(c2)[C@]2(C)CCC(NC4CC4)[C@H](C3=O)[C@@H]2C)cc1. The number of hydrogen-bond acceptors (Lipinski definition) is 4. The van der Waals surface area contributed by atoms with Crippen molar-refractivity contribution >= 4 is 22.8 Å². The Morgan fingerprint density at radius 1 is 0.966 bits per heavy atom. The normalized spacial score (nSPS) is 30.6. The van der Waals surface area contributed by atoms with Crippen LogP contribution in [0.15, 0.2) is 42.5 Å². The molecule has 29 heavy (non-hydrogen) atoms. The molecular weight excluding hydrogens is 358 g/mol. The molecule has 0 radical (unpaired) electrons. The first kappa shape index (κ1) is 18.7. The van der Waals surface area contributed by atoms with Crippen molar-refractivity contribution in [1.82, 2.24) is 5.32 Å². The van der Waals surface area contributed by atoms with Gasteiger partial charge in [0.15, 0.2) is 5.78 Å². The van der Waals surface area contributed by atoms with E-state index >= 15 is 0 Å². The first-order valence-corrected chi connectivity index (χ1v) is 11.0. The van der Waals surface area contributed by atoms with Crippen LogP contribution < -0.4 is 16.0 Å². The molecule has 0 saturated heterocycles. The Morgan fingerprint density at radius 3 is 2.34 bits per heavy atom. The number of fused-ring (bicyclic) bond motifs is 4. The maximum absolute atomic E-state index is 13.5. The number of nitrogens with one attached hydrogen (secondary N) is 3. The van der Waals surface area contributed by atoms with E-state index in [-0.39, 0.29) is 11.3 Å². The predicted molar refractivity (Wildman–Crippen MR) is 119 cm³/mol.